The van der Waals surface area contributed by atoms with Crippen LogP contribution < -0.4 is 10.6 Å². The molecule has 208 valence electrons. The highest BCUT2D eigenvalue weighted by Gasteiger charge is 2.48. The van der Waals surface area contributed by atoms with Crippen LogP contribution in [0.15, 0.2) is 48.8 Å². The van der Waals surface area contributed by atoms with Crippen molar-refractivity contribution >= 4 is 33.9 Å². The lowest BCUT2D eigenvalue weighted by molar-refractivity contribution is 0.00757. The van der Waals surface area contributed by atoms with Crippen LogP contribution in [0.4, 0.5) is 15.8 Å². The first-order chi connectivity index (χ1) is 20.4. The van der Waals surface area contributed by atoms with E-state index in [0.717, 1.165) is 35.8 Å². The van der Waals surface area contributed by atoms with Gasteiger partial charge in [0.25, 0.3) is 0 Å². The van der Waals surface area contributed by atoms with Gasteiger partial charge in [-0.2, -0.15) is 5.26 Å². The molecule has 4 bridgehead atoms. The summed E-state index contributed by atoms with van der Waals surface area (Å²) < 4.78 is 25.3. The van der Waals surface area contributed by atoms with Gasteiger partial charge in [0, 0.05) is 23.3 Å². The van der Waals surface area contributed by atoms with Crippen LogP contribution in [-0.2, 0) is 0 Å². The van der Waals surface area contributed by atoms with Gasteiger partial charge in [0.1, 0.15) is 17.6 Å². The first-order valence-electron chi connectivity index (χ1n) is 15.1. The summed E-state index contributed by atoms with van der Waals surface area (Å²) in [6.07, 6.45) is 11.9. The molecule has 9 heteroatoms. The fraction of sp³-hybridized carbons (Fsp3) is 0.438. The van der Waals surface area contributed by atoms with Crippen molar-refractivity contribution in [1.82, 2.24) is 20.0 Å². The normalized spacial score (nSPS) is 28.2. The molecule has 0 unspecified atom stereocenters. The van der Waals surface area contributed by atoms with E-state index in [-0.39, 0.29) is 5.82 Å². The molecular formula is C32H31ClFN7. The fourth-order valence-corrected chi connectivity index (χ4v) is 8.12. The molecule has 5 fully saturated rings. The number of nitrogens with one attached hydrogen (secondary N) is 2. The Morgan fingerprint density at radius 2 is 1.80 bits per heavy atom. The van der Waals surface area contributed by atoms with Crippen LogP contribution in [-0.4, -0.2) is 26.0 Å². The number of anilines is 2. The maximum Gasteiger partial charge on any atom is 0.123 e. The molecule has 41 heavy (non-hydrogen) atoms. The third-order valence-corrected chi connectivity index (χ3v) is 9.96. The quantitative estimate of drug-likeness (QED) is 0.244. The van der Waals surface area contributed by atoms with Gasteiger partial charge in [-0.25, -0.2) is 9.07 Å². The van der Waals surface area contributed by atoms with E-state index < -0.39 is 6.02 Å². The van der Waals surface area contributed by atoms with E-state index in [9.17, 15) is 11.0 Å². The standard InChI is InChI=1S/C32H31ClFN7/c33-27-13-24(37-31(19-1-3-23(34)4-2-19)28-16-41(40-39-28)25-5-6-25)12-26-30(22(14-35)15-36-32(26)27)38-29-20-8-17-7-18(10-20)11-21(29)9-17/h1-4,12-13,15-18,20-21,25,29,31,37H,5-11H2,(H,36,38)/t17-,18-,20-,21+,29?,31-/m0/s1/i31D. The van der Waals surface area contributed by atoms with Crippen molar-refractivity contribution in [3.63, 3.8) is 0 Å². The van der Waals surface area contributed by atoms with Crippen molar-refractivity contribution < 1.29 is 5.76 Å². The van der Waals surface area contributed by atoms with Gasteiger partial charge >= 0.3 is 0 Å². The zero-order chi connectivity index (χ0) is 28.6. The van der Waals surface area contributed by atoms with Crippen LogP contribution >= 0.6 is 11.6 Å². The van der Waals surface area contributed by atoms with Crippen LogP contribution in [0.25, 0.3) is 10.9 Å². The number of aromatic nitrogens is 4. The summed E-state index contributed by atoms with van der Waals surface area (Å²) in [4.78, 5) is 4.55. The van der Waals surface area contributed by atoms with E-state index in [1.807, 2.05) is 6.07 Å². The Balaban J connectivity index is 1.21. The molecule has 2 heterocycles. The summed E-state index contributed by atoms with van der Waals surface area (Å²) in [5.41, 5.74) is 3.31. The Kier molecular flexibility index (Phi) is 5.66. The number of halogens is 2. The number of nitrogens with zero attached hydrogens (tertiary/aromatic N) is 5. The van der Waals surface area contributed by atoms with E-state index in [1.165, 1.54) is 44.2 Å². The monoisotopic (exact) mass is 568 g/mol. The zero-order valence-electron chi connectivity index (χ0n) is 23.5. The average molecular weight is 569 g/mol. The summed E-state index contributed by atoms with van der Waals surface area (Å²) in [6.45, 7) is 0. The minimum atomic E-state index is -1.58. The molecule has 2 N–H and O–H groups in total. The van der Waals surface area contributed by atoms with Crippen LogP contribution in [0.1, 0.15) is 75.2 Å². The first kappa shape index (κ1) is 24.0. The number of pyridine rings is 1. The molecule has 5 aliphatic carbocycles. The molecule has 0 radical (unpaired) electrons. The van der Waals surface area contributed by atoms with Crippen LogP contribution in [0, 0.1) is 40.8 Å². The molecule has 9 rings (SSSR count). The molecule has 2 aromatic carbocycles. The third-order valence-electron chi connectivity index (χ3n) is 9.67. The molecule has 5 saturated carbocycles. The molecule has 0 spiro atoms. The minimum absolute atomic E-state index is 0.299. The predicted octanol–water partition coefficient (Wildman–Crippen LogP) is 7.26. The van der Waals surface area contributed by atoms with Gasteiger partial charge in [-0.1, -0.05) is 28.9 Å². The van der Waals surface area contributed by atoms with Crippen molar-refractivity contribution in [2.24, 2.45) is 23.7 Å². The van der Waals surface area contributed by atoms with E-state index in [4.69, 9.17) is 11.6 Å². The molecule has 7 nitrogen and oxygen atoms in total. The average Bonchev–Trinajstić information content (AvgIpc) is 3.70. The lowest BCUT2D eigenvalue weighted by atomic mass is 9.54. The van der Waals surface area contributed by atoms with Gasteiger partial charge in [0.05, 0.1) is 41.4 Å². The Bertz CT molecular complexity index is 1700. The number of benzene rings is 2. The maximum absolute atomic E-state index is 13.9. The first-order valence-corrected chi connectivity index (χ1v) is 15.0. The summed E-state index contributed by atoms with van der Waals surface area (Å²) in [5.74, 6) is 2.53. The van der Waals surface area contributed by atoms with Crippen LogP contribution in [0.3, 0.4) is 0 Å². The van der Waals surface area contributed by atoms with Gasteiger partial charge in [-0.05, 0) is 98.4 Å². The number of nitriles is 1. The molecule has 4 aromatic rings. The van der Waals surface area contributed by atoms with Crippen molar-refractivity contribution in [2.75, 3.05) is 10.6 Å². The number of fused-ring (bicyclic) bond motifs is 1. The molecular weight excluding hydrogens is 537 g/mol. The number of hydrogen-bond acceptors (Lipinski definition) is 6. The second-order valence-electron chi connectivity index (χ2n) is 12.4. The molecule has 2 aromatic heterocycles. The molecule has 0 aliphatic heterocycles. The minimum Gasteiger partial charge on any atom is -0.380 e. The van der Waals surface area contributed by atoms with E-state index in [1.54, 1.807) is 35.3 Å². The summed E-state index contributed by atoms with van der Waals surface area (Å²) in [5, 5.41) is 27.1. The SMILES string of the molecule is [2H][C@](Nc1cc(Cl)c2ncc(C#N)c(NC3[C@H]4C[C@H]5C[C@H](C4)C[C@H]3C5)c2c1)(c1ccc(F)cc1)c1cn(C2CC2)nn1. The highest BCUT2D eigenvalue weighted by molar-refractivity contribution is 6.35. The van der Waals surface area contributed by atoms with E-state index in [2.05, 4.69) is 32.0 Å². The van der Waals surface area contributed by atoms with Gasteiger partial charge in [-0.3, -0.25) is 4.98 Å². The Labute approximate surface area is 244 Å². The van der Waals surface area contributed by atoms with Crippen LogP contribution in [0.5, 0.6) is 0 Å². The Hall–Kier alpha value is -3.70. The maximum atomic E-state index is 13.9. The summed E-state index contributed by atoms with van der Waals surface area (Å²) in [6, 6.07) is 10.9. The van der Waals surface area contributed by atoms with Crippen LogP contribution in [0.2, 0.25) is 5.02 Å². The van der Waals surface area contributed by atoms with E-state index >= 15 is 0 Å². The highest BCUT2D eigenvalue weighted by Crippen LogP contribution is 2.54. The fourth-order valence-electron chi connectivity index (χ4n) is 7.85. The van der Waals surface area contributed by atoms with Gasteiger partial charge < -0.3 is 10.6 Å². The number of rotatable bonds is 7. The topological polar surface area (TPSA) is 91.5 Å². The highest BCUT2D eigenvalue weighted by atomic mass is 35.5. The van der Waals surface area contributed by atoms with Crippen molar-refractivity contribution in [3.8, 4) is 6.07 Å². The summed E-state index contributed by atoms with van der Waals surface area (Å²) in [7, 11) is 0. The smallest absolute Gasteiger partial charge is 0.123 e. The Morgan fingerprint density at radius 1 is 1.07 bits per heavy atom. The van der Waals surface area contributed by atoms with Gasteiger partial charge in [0.2, 0.25) is 0 Å². The molecule has 5 aliphatic rings. The lowest BCUT2D eigenvalue weighted by Crippen LogP contribution is -2.51. The molecule has 0 amide bonds. The second-order valence-corrected chi connectivity index (χ2v) is 12.8. The Morgan fingerprint density at radius 3 is 2.49 bits per heavy atom. The largest absolute Gasteiger partial charge is 0.380 e. The van der Waals surface area contributed by atoms with E-state index in [0.29, 0.717) is 57.0 Å². The zero-order valence-corrected chi connectivity index (χ0v) is 23.3. The van der Waals surface area contributed by atoms with Crippen molar-refractivity contribution in [2.45, 2.75) is 63.0 Å². The number of hydrogen-bond donors (Lipinski definition) is 2. The third kappa shape index (κ3) is 4.51. The summed E-state index contributed by atoms with van der Waals surface area (Å²) >= 11 is 6.83. The molecule has 1 atom stereocenters. The van der Waals surface area contributed by atoms with Crippen molar-refractivity contribution in [1.29, 1.82) is 5.26 Å². The van der Waals surface area contributed by atoms with Crippen molar-refractivity contribution in [3.05, 3.63) is 76.5 Å². The molecule has 0 saturated heterocycles. The van der Waals surface area contributed by atoms with Gasteiger partial charge in [0.15, 0.2) is 0 Å². The predicted molar refractivity (Wildman–Crippen MR) is 156 cm³/mol. The lowest BCUT2D eigenvalue weighted by Gasteiger charge is -2.54. The second kappa shape index (κ2) is 9.70. The van der Waals surface area contributed by atoms with Gasteiger partial charge in [-0.15, -0.1) is 5.10 Å².